The lowest BCUT2D eigenvalue weighted by molar-refractivity contribution is 0.0116. The fourth-order valence-corrected chi connectivity index (χ4v) is 1.74. The van der Waals surface area contributed by atoms with Gasteiger partial charge in [-0.3, -0.25) is 4.79 Å². The summed E-state index contributed by atoms with van der Waals surface area (Å²) < 4.78 is 15.7. The fourth-order valence-electron chi connectivity index (χ4n) is 1.62. The quantitative estimate of drug-likeness (QED) is 0.492. The van der Waals surface area contributed by atoms with Gasteiger partial charge in [0.05, 0.1) is 13.2 Å². The van der Waals surface area contributed by atoms with Gasteiger partial charge in [0.25, 0.3) is 0 Å². The predicted octanol–water partition coefficient (Wildman–Crippen LogP) is 2.98. The van der Waals surface area contributed by atoms with Crippen LogP contribution in [-0.4, -0.2) is 45.4 Å². The summed E-state index contributed by atoms with van der Waals surface area (Å²) >= 11 is 5.78. The summed E-state index contributed by atoms with van der Waals surface area (Å²) in [7, 11) is 1.66. The Bertz CT molecular complexity index is 391. The van der Waals surface area contributed by atoms with Gasteiger partial charge in [0, 0.05) is 30.9 Å². The SMILES string of the molecule is COCCCOCCOC(C)C(=O)c1ccc(Cl)cc1. The molecule has 0 N–H and O–H groups in total. The zero-order valence-corrected chi connectivity index (χ0v) is 12.7. The molecule has 5 heteroatoms. The van der Waals surface area contributed by atoms with Crippen molar-refractivity contribution in [1.29, 1.82) is 0 Å². The zero-order chi connectivity index (χ0) is 14.8. The van der Waals surface area contributed by atoms with Crippen molar-refractivity contribution in [3.8, 4) is 0 Å². The van der Waals surface area contributed by atoms with Gasteiger partial charge in [-0.15, -0.1) is 0 Å². The van der Waals surface area contributed by atoms with Crippen LogP contribution in [0.4, 0.5) is 0 Å². The molecule has 20 heavy (non-hydrogen) atoms. The van der Waals surface area contributed by atoms with E-state index in [0.717, 1.165) is 6.42 Å². The minimum absolute atomic E-state index is 0.0546. The molecule has 4 nitrogen and oxygen atoms in total. The molecule has 0 heterocycles. The molecule has 0 aromatic heterocycles. The normalized spacial score (nSPS) is 12.3. The molecule has 1 aromatic rings. The summed E-state index contributed by atoms with van der Waals surface area (Å²) in [4.78, 5) is 12.0. The second-order valence-electron chi connectivity index (χ2n) is 4.34. The molecule has 1 unspecified atom stereocenters. The van der Waals surface area contributed by atoms with Crippen molar-refractivity contribution in [2.24, 2.45) is 0 Å². The third-order valence-electron chi connectivity index (χ3n) is 2.73. The molecule has 0 saturated carbocycles. The molecule has 0 fully saturated rings. The highest BCUT2D eigenvalue weighted by atomic mass is 35.5. The second-order valence-corrected chi connectivity index (χ2v) is 4.78. The van der Waals surface area contributed by atoms with E-state index in [1.54, 1.807) is 38.3 Å². The van der Waals surface area contributed by atoms with Gasteiger partial charge in [-0.25, -0.2) is 0 Å². The average molecular weight is 301 g/mol. The summed E-state index contributed by atoms with van der Waals surface area (Å²) in [5.74, 6) is -0.0546. The first-order valence-corrected chi connectivity index (χ1v) is 7.01. The second kappa shape index (κ2) is 9.88. The predicted molar refractivity (Wildman–Crippen MR) is 78.5 cm³/mol. The van der Waals surface area contributed by atoms with Gasteiger partial charge in [-0.1, -0.05) is 11.6 Å². The summed E-state index contributed by atoms with van der Waals surface area (Å²) in [6, 6.07) is 6.79. The van der Waals surface area contributed by atoms with Crippen LogP contribution in [0.2, 0.25) is 5.02 Å². The van der Waals surface area contributed by atoms with Gasteiger partial charge in [0.2, 0.25) is 0 Å². The van der Waals surface area contributed by atoms with Gasteiger partial charge in [0.1, 0.15) is 6.10 Å². The number of Topliss-reactive ketones (excluding diaryl/α,β-unsaturated/α-hetero) is 1. The number of methoxy groups -OCH3 is 1. The smallest absolute Gasteiger partial charge is 0.191 e. The number of ether oxygens (including phenoxy) is 3. The van der Waals surface area contributed by atoms with E-state index in [-0.39, 0.29) is 5.78 Å². The van der Waals surface area contributed by atoms with Crippen molar-refractivity contribution in [2.75, 3.05) is 33.5 Å². The standard InChI is InChI=1S/C15H21ClO4/c1-12(20-11-10-19-9-3-8-18-2)15(17)13-4-6-14(16)7-5-13/h4-7,12H,3,8-11H2,1-2H3. The molecule has 0 aliphatic heterocycles. The van der Waals surface area contributed by atoms with Gasteiger partial charge < -0.3 is 14.2 Å². The number of halogens is 1. The van der Waals surface area contributed by atoms with Crippen LogP contribution in [0.3, 0.4) is 0 Å². The number of benzene rings is 1. The highest BCUT2D eigenvalue weighted by Gasteiger charge is 2.15. The minimum atomic E-state index is -0.487. The monoisotopic (exact) mass is 300 g/mol. The van der Waals surface area contributed by atoms with Gasteiger partial charge in [-0.05, 0) is 37.6 Å². The lowest BCUT2D eigenvalue weighted by Gasteiger charge is -2.12. The summed E-state index contributed by atoms with van der Waals surface area (Å²) in [5.41, 5.74) is 0.600. The topological polar surface area (TPSA) is 44.8 Å². The van der Waals surface area contributed by atoms with E-state index in [0.29, 0.717) is 37.0 Å². The number of hydrogen-bond acceptors (Lipinski definition) is 4. The molecule has 1 rings (SSSR count). The molecule has 0 spiro atoms. The van der Waals surface area contributed by atoms with Crippen LogP contribution in [0.1, 0.15) is 23.7 Å². The molecular weight excluding hydrogens is 280 g/mol. The Hall–Kier alpha value is -0.940. The van der Waals surface area contributed by atoms with Gasteiger partial charge in [-0.2, -0.15) is 0 Å². The van der Waals surface area contributed by atoms with Crippen LogP contribution in [0, 0.1) is 0 Å². The van der Waals surface area contributed by atoms with E-state index >= 15 is 0 Å². The molecule has 0 amide bonds. The number of rotatable bonds is 10. The maximum absolute atomic E-state index is 12.0. The first-order valence-electron chi connectivity index (χ1n) is 6.63. The van der Waals surface area contributed by atoms with Crippen LogP contribution in [0.5, 0.6) is 0 Å². The van der Waals surface area contributed by atoms with E-state index in [2.05, 4.69) is 0 Å². The Balaban J connectivity index is 2.20. The largest absolute Gasteiger partial charge is 0.385 e. The Kier molecular flexibility index (Phi) is 8.46. The summed E-state index contributed by atoms with van der Waals surface area (Å²) in [6.45, 7) is 3.93. The number of ketones is 1. The molecule has 0 saturated heterocycles. The molecule has 0 bridgehead atoms. The van der Waals surface area contributed by atoms with E-state index in [4.69, 9.17) is 25.8 Å². The van der Waals surface area contributed by atoms with Crippen molar-refractivity contribution >= 4 is 17.4 Å². The Morgan fingerprint density at radius 2 is 1.85 bits per heavy atom. The van der Waals surface area contributed by atoms with Crippen LogP contribution in [0.25, 0.3) is 0 Å². The van der Waals surface area contributed by atoms with E-state index in [9.17, 15) is 4.79 Å². The molecule has 0 aliphatic carbocycles. The molecule has 1 aromatic carbocycles. The lowest BCUT2D eigenvalue weighted by atomic mass is 10.1. The highest BCUT2D eigenvalue weighted by molar-refractivity contribution is 6.30. The number of hydrogen-bond donors (Lipinski definition) is 0. The van der Waals surface area contributed by atoms with Crippen LogP contribution < -0.4 is 0 Å². The summed E-state index contributed by atoms with van der Waals surface area (Å²) in [5, 5.41) is 0.611. The fraction of sp³-hybridized carbons (Fsp3) is 0.533. The van der Waals surface area contributed by atoms with Crippen molar-refractivity contribution in [2.45, 2.75) is 19.4 Å². The lowest BCUT2D eigenvalue weighted by Crippen LogP contribution is -2.23. The maximum Gasteiger partial charge on any atom is 0.191 e. The Morgan fingerprint density at radius 3 is 2.50 bits per heavy atom. The van der Waals surface area contributed by atoms with E-state index < -0.39 is 6.10 Å². The first kappa shape index (κ1) is 17.1. The zero-order valence-electron chi connectivity index (χ0n) is 11.9. The minimum Gasteiger partial charge on any atom is -0.385 e. The molecule has 1 atom stereocenters. The van der Waals surface area contributed by atoms with Crippen molar-refractivity contribution < 1.29 is 19.0 Å². The molecule has 0 aliphatic rings. The Labute approximate surface area is 125 Å². The van der Waals surface area contributed by atoms with Crippen molar-refractivity contribution in [1.82, 2.24) is 0 Å². The van der Waals surface area contributed by atoms with Crippen LogP contribution >= 0.6 is 11.6 Å². The Morgan fingerprint density at radius 1 is 1.15 bits per heavy atom. The van der Waals surface area contributed by atoms with Gasteiger partial charge >= 0.3 is 0 Å². The molecule has 112 valence electrons. The number of carbonyl (C=O) groups is 1. The van der Waals surface area contributed by atoms with E-state index in [1.807, 2.05) is 0 Å². The van der Waals surface area contributed by atoms with Crippen molar-refractivity contribution in [3.63, 3.8) is 0 Å². The van der Waals surface area contributed by atoms with Crippen LogP contribution in [0.15, 0.2) is 24.3 Å². The third-order valence-corrected chi connectivity index (χ3v) is 2.98. The number of carbonyl (C=O) groups excluding carboxylic acids is 1. The van der Waals surface area contributed by atoms with E-state index in [1.165, 1.54) is 0 Å². The molecular formula is C15H21ClO4. The highest BCUT2D eigenvalue weighted by Crippen LogP contribution is 2.12. The maximum atomic E-state index is 12.0. The van der Waals surface area contributed by atoms with Gasteiger partial charge in [0.15, 0.2) is 5.78 Å². The summed E-state index contributed by atoms with van der Waals surface area (Å²) in [6.07, 6.45) is 0.370. The third kappa shape index (κ3) is 6.48. The van der Waals surface area contributed by atoms with Crippen LogP contribution in [-0.2, 0) is 14.2 Å². The molecule has 0 radical (unpaired) electrons. The van der Waals surface area contributed by atoms with Crippen molar-refractivity contribution in [3.05, 3.63) is 34.9 Å². The average Bonchev–Trinajstić information content (AvgIpc) is 2.46. The first-order chi connectivity index (χ1) is 9.65.